The molecule has 0 fully saturated rings. The fourth-order valence-corrected chi connectivity index (χ4v) is 8.53. The van der Waals surface area contributed by atoms with Crippen molar-refractivity contribution < 1.29 is 4.42 Å². The predicted octanol–water partition coefficient (Wildman–Crippen LogP) is 12.9. The molecule has 11 aromatic rings. The number of rotatable bonds is 4. The van der Waals surface area contributed by atoms with Crippen molar-refractivity contribution in [2.24, 2.45) is 0 Å². The van der Waals surface area contributed by atoms with Gasteiger partial charge in [-0.25, -0.2) is 0 Å². The first-order valence-corrected chi connectivity index (χ1v) is 18.2. The Balaban J connectivity index is 1.22. The second kappa shape index (κ2) is 11.8. The quantitative estimate of drug-likeness (QED) is 0.183. The molecule has 0 saturated heterocycles. The van der Waals surface area contributed by atoms with Gasteiger partial charge in [0.05, 0.1) is 50.7 Å². The first-order valence-electron chi connectivity index (χ1n) is 18.2. The topological polar surface area (TPSA) is 70.6 Å². The molecule has 55 heavy (non-hydrogen) atoms. The number of furan rings is 1. The lowest BCUT2D eigenvalue weighted by molar-refractivity contribution is 0.673. The summed E-state index contributed by atoms with van der Waals surface area (Å²) in [7, 11) is 0. The minimum atomic E-state index is 0.568. The van der Waals surface area contributed by atoms with Crippen LogP contribution in [0.25, 0.3) is 99.2 Å². The lowest BCUT2D eigenvalue weighted by Gasteiger charge is -2.17. The summed E-state index contributed by atoms with van der Waals surface area (Å²) in [5.74, 6) is 0. The zero-order valence-corrected chi connectivity index (χ0v) is 29.4. The SMILES string of the molecule is N#Cc1ccc(-c2ccc(-c3cc(-n4c5ccccc5c5ccccc54)cc(-n4c5ccccc5c5c6oc7ccccc7c6ccc54)c3)c(C#N)c2)cc1. The van der Waals surface area contributed by atoms with Gasteiger partial charge in [0.1, 0.15) is 11.2 Å². The minimum Gasteiger partial charge on any atom is -0.455 e. The van der Waals surface area contributed by atoms with E-state index in [1.54, 1.807) is 0 Å². The Morgan fingerprint density at radius 2 is 1.00 bits per heavy atom. The van der Waals surface area contributed by atoms with Gasteiger partial charge in [-0.2, -0.15) is 10.5 Å². The monoisotopic (exact) mass is 700 g/mol. The van der Waals surface area contributed by atoms with Crippen molar-refractivity contribution in [2.75, 3.05) is 0 Å². The summed E-state index contributed by atoms with van der Waals surface area (Å²) < 4.78 is 11.3. The van der Waals surface area contributed by atoms with Crippen LogP contribution in [0.15, 0.2) is 174 Å². The normalized spacial score (nSPS) is 11.6. The van der Waals surface area contributed by atoms with Gasteiger partial charge in [-0.1, -0.05) is 97.1 Å². The van der Waals surface area contributed by atoms with E-state index in [0.717, 1.165) is 88.4 Å². The predicted molar refractivity (Wildman–Crippen MR) is 223 cm³/mol. The number of para-hydroxylation sites is 4. The molecule has 0 unspecified atom stereocenters. The van der Waals surface area contributed by atoms with Crippen molar-refractivity contribution in [3.63, 3.8) is 0 Å². The zero-order chi connectivity index (χ0) is 36.6. The summed E-state index contributed by atoms with van der Waals surface area (Å²) in [6.45, 7) is 0. The smallest absolute Gasteiger partial charge is 0.145 e. The molecule has 0 aliphatic heterocycles. The number of fused-ring (bicyclic) bond motifs is 10. The molecular formula is C50H28N4O. The van der Waals surface area contributed by atoms with E-state index < -0.39 is 0 Å². The second-order valence-corrected chi connectivity index (χ2v) is 14.0. The average molecular weight is 701 g/mol. The van der Waals surface area contributed by atoms with Crippen molar-refractivity contribution in [3.8, 4) is 45.8 Å². The zero-order valence-electron chi connectivity index (χ0n) is 29.4. The van der Waals surface area contributed by atoms with E-state index in [9.17, 15) is 10.5 Å². The van der Waals surface area contributed by atoms with Crippen molar-refractivity contribution in [2.45, 2.75) is 0 Å². The molecule has 5 heteroatoms. The van der Waals surface area contributed by atoms with E-state index in [0.29, 0.717) is 11.1 Å². The van der Waals surface area contributed by atoms with Crippen molar-refractivity contribution in [1.82, 2.24) is 9.13 Å². The first kappa shape index (κ1) is 30.7. The standard InChI is InChI=1S/C50H28N4O/c51-29-31-17-19-32(20-18-31)33-21-22-38(35(25-33)30-52)34-26-36(53-44-13-5-1-9-39(44)40-10-2-6-14-45(40)53)28-37(27-34)54-46-15-7-3-12-43(46)49-47(54)24-23-42-41-11-4-8-16-48(41)55-50(42)49/h1-28H. The van der Waals surface area contributed by atoms with Crippen LogP contribution in [0.2, 0.25) is 0 Å². The molecule has 0 aliphatic rings. The molecule has 5 nitrogen and oxygen atoms in total. The molecule has 8 aromatic carbocycles. The van der Waals surface area contributed by atoms with Crippen LogP contribution in [-0.2, 0) is 0 Å². The third-order valence-electron chi connectivity index (χ3n) is 11.0. The Morgan fingerprint density at radius 3 is 1.67 bits per heavy atom. The van der Waals surface area contributed by atoms with Crippen molar-refractivity contribution in [1.29, 1.82) is 10.5 Å². The number of hydrogen-bond donors (Lipinski definition) is 0. The van der Waals surface area contributed by atoms with Crippen LogP contribution in [0.3, 0.4) is 0 Å². The van der Waals surface area contributed by atoms with Gasteiger partial charge in [-0.05, 0) is 95.1 Å². The summed E-state index contributed by atoms with van der Waals surface area (Å²) in [5, 5.41) is 26.7. The van der Waals surface area contributed by atoms with Gasteiger partial charge in [0.25, 0.3) is 0 Å². The Bertz CT molecular complexity index is 3400. The van der Waals surface area contributed by atoms with E-state index in [1.165, 1.54) is 10.8 Å². The van der Waals surface area contributed by atoms with Crippen LogP contribution in [0.1, 0.15) is 11.1 Å². The lowest BCUT2D eigenvalue weighted by atomic mass is 9.94. The first-order chi connectivity index (χ1) is 27.2. The highest BCUT2D eigenvalue weighted by molar-refractivity contribution is 6.24. The van der Waals surface area contributed by atoms with E-state index >= 15 is 0 Å². The molecule has 0 saturated carbocycles. The van der Waals surface area contributed by atoms with Gasteiger partial charge in [-0.15, -0.1) is 0 Å². The molecule has 0 atom stereocenters. The van der Waals surface area contributed by atoms with E-state index in [4.69, 9.17) is 4.42 Å². The summed E-state index contributed by atoms with van der Waals surface area (Å²) in [5.41, 5.74) is 12.8. The van der Waals surface area contributed by atoms with Crippen molar-refractivity contribution in [3.05, 3.63) is 181 Å². The molecule has 254 valence electrons. The molecule has 0 radical (unpaired) electrons. The van der Waals surface area contributed by atoms with Crippen LogP contribution in [0, 0.1) is 22.7 Å². The second-order valence-electron chi connectivity index (χ2n) is 14.0. The highest BCUT2D eigenvalue weighted by Gasteiger charge is 2.21. The highest BCUT2D eigenvalue weighted by atomic mass is 16.3. The molecule has 0 aliphatic carbocycles. The molecule has 3 heterocycles. The molecule has 0 N–H and O–H groups in total. The Labute approximate surface area is 315 Å². The van der Waals surface area contributed by atoms with Crippen LogP contribution < -0.4 is 0 Å². The molecule has 11 rings (SSSR count). The van der Waals surface area contributed by atoms with Gasteiger partial charge in [-0.3, -0.25) is 0 Å². The van der Waals surface area contributed by atoms with E-state index in [2.05, 4.69) is 143 Å². The minimum absolute atomic E-state index is 0.568. The van der Waals surface area contributed by atoms with E-state index in [1.807, 2.05) is 48.5 Å². The van der Waals surface area contributed by atoms with Gasteiger partial charge in [0.2, 0.25) is 0 Å². The highest BCUT2D eigenvalue weighted by Crippen LogP contribution is 2.42. The largest absolute Gasteiger partial charge is 0.455 e. The molecule has 0 spiro atoms. The van der Waals surface area contributed by atoms with Crippen LogP contribution in [0.4, 0.5) is 0 Å². The Morgan fingerprint density at radius 1 is 0.418 bits per heavy atom. The maximum atomic E-state index is 10.7. The van der Waals surface area contributed by atoms with E-state index in [-0.39, 0.29) is 0 Å². The van der Waals surface area contributed by atoms with Crippen LogP contribution in [-0.4, -0.2) is 9.13 Å². The summed E-state index contributed by atoms with van der Waals surface area (Å²) in [4.78, 5) is 0. The third-order valence-corrected chi connectivity index (χ3v) is 11.0. The van der Waals surface area contributed by atoms with Crippen molar-refractivity contribution >= 4 is 65.6 Å². The number of hydrogen-bond acceptors (Lipinski definition) is 3. The molecular weight excluding hydrogens is 673 g/mol. The number of benzene rings is 8. The van der Waals surface area contributed by atoms with Gasteiger partial charge in [0, 0.05) is 38.3 Å². The third kappa shape index (κ3) is 4.58. The van der Waals surface area contributed by atoms with Gasteiger partial charge < -0.3 is 13.6 Å². The number of aromatic nitrogens is 2. The number of nitriles is 2. The maximum Gasteiger partial charge on any atom is 0.145 e. The molecule has 0 amide bonds. The summed E-state index contributed by atoms with van der Waals surface area (Å²) >= 11 is 0. The fraction of sp³-hybridized carbons (Fsp3) is 0. The Hall–Kier alpha value is -7.86. The number of nitrogens with zero attached hydrogens (tertiary/aromatic N) is 4. The average Bonchev–Trinajstić information content (AvgIpc) is 3.91. The fourth-order valence-electron chi connectivity index (χ4n) is 8.53. The lowest BCUT2D eigenvalue weighted by Crippen LogP contribution is -2.00. The molecule has 0 bridgehead atoms. The maximum absolute atomic E-state index is 10.7. The Kier molecular flexibility index (Phi) is 6.61. The summed E-state index contributed by atoms with van der Waals surface area (Å²) in [6, 6.07) is 63.0. The van der Waals surface area contributed by atoms with Gasteiger partial charge in [0.15, 0.2) is 0 Å². The van der Waals surface area contributed by atoms with Crippen LogP contribution in [0.5, 0.6) is 0 Å². The summed E-state index contributed by atoms with van der Waals surface area (Å²) in [6.07, 6.45) is 0. The van der Waals surface area contributed by atoms with Crippen LogP contribution >= 0.6 is 0 Å². The molecule has 3 aromatic heterocycles. The van der Waals surface area contributed by atoms with Gasteiger partial charge >= 0.3 is 0 Å².